The Labute approximate surface area is 103 Å². The highest BCUT2D eigenvalue weighted by molar-refractivity contribution is 5.39. The van der Waals surface area contributed by atoms with Crippen LogP contribution < -0.4 is 4.74 Å². The molecule has 86 valence electrons. The van der Waals surface area contributed by atoms with E-state index in [0.717, 1.165) is 5.65 Å². The first-order valence-electron chi connectivity index (χ1n) is 5.33. The Bertz CT molecular complexity index is 725. The molecule has 2 heterocycles. The van der Waals surface area contributed by atoms with Gasteiger partial charge in [-0.2, -0.15) is 5.26 Å². The third-order valence-electron chi connectivity index (χ3n) is 2.44. The fraction of sp³-hybridized carbons (Fsp3) is 0. The van der Waals surface area contributed by atoms with Gasteiger partial charge in [-0.05, 0) is 30.3 Å². The van der Waals surface area contributed by atoms with E-state index in [0.29, 0.717) is 17.2 Å². The first-order valence-corrected chi connectivity index (χ1v) is 5.33. The lowest BCUT2D eigenvalue weighted by molar-refractivity contribution is 0.452. The van der Waals surface area contributed by atoms with Gasteiger partial charge in [0, 0.05) is 18.5 Å². The average Bonchev–Trinajstić information content (AvgIpc) is 2.87. The molecule has 5 nitrogen and oxygen atoms in total. The Morgan fingerprint density at radius 2 is 1.94 bits per heavy atom. The first kappa shape index (κ1) is 10.3. The topological polar surface area (TPSA) is 63.2 Å². The van der Waals surface area contributed by atoms with E-state index >= 15 is 0 Å². The van der Waals surface area contributed by atoms with Crippen LogP contribution >= 0.6 is 0 Å². The molecule has 0 saturated heterocycles. The van der Waals surface area contributed by atoms with Gasteiger partial charge < -0.3 is 4.74 Å². The number of aromatic nitrogens is 3. The van der Waals surface area contributed by atoms with Crippen molar-refractivity contribution in [1.82, 2.24) is 14.6 Å². The van der Waals surface area contributed by atoms with Gasteiger partial charge in [-0.1, -0.05) is 0 Å². The van der Waals surface area contributed by atoms with E-state index in [9.17, 15) is 0 Å². The normalized spacial score (nSPS) is 10.2. The molecule has 1 aromatic carbocycles. The van der Waals surface area contributed by atoms with E-state index in [1.165, 1.54) is 0 Å². The molecular formula is C13H8N4O. The van der Waals surface area contributed by atoms with Crippen molar-refractivity contribution >= 4 is 5.65 Å². The van der Waals surface area contributed by atoms with Crippen LogP contribution in [0.2, 0.25) is 0 Å². The van der Waals surface area contributed by atoms with Gasteiger partial charge in [-0.3, -0.25) is 0 Å². The molecule has 3 aromatic rings. The zero-order valence-electron chi connectivity index (χ0n) is 9.32. The van der Waals surface area contributed by atoms with Crippen LogP contribution in [0.3, 0.4) is 0 Å². The second-order valence-corrected chi connectivity index (χ2v) is 3.64. The Hall–Kier alpha value is -2.87. The zero-order chi connectivity index (χ0) is 12.4. The summed E-state index contributed by atoms with van der Waals surface area (Å²) >= 11 is 0. The highest BCUT2D eigenvalue weighted by Crippen LogP contribution is 2.19. The molecule has 0 saturated carbocycles. The Morgan fingerprint density at radius 1 is 1.11 bits per heavy atom. The standard InChI is InChI=1S/C13H8N4O/c14-9-10-1-3-11(4-2-10)18-13-6-5-12-15-7-8-17(12)16-13/h1-8H. The fourth-order valence-corrected chi connectivity index (χ4v) is 1.57. The summed E-state index contributed by atoms with van der Waals surface area (Å²) in [7, 11) is 0. The minimum Gasteiger partial charge on any atom is -0.438 e. The summed E-state index contributed by atoms with van der Waals surface area (Å²) in [6, 6.07) is 12.5. The van der Waals surface area contributed by atoms with Crippen molar-refractivity contribution in [3.05, 3.63) is 54.4 Å². The molecule has 18 heavy (non-hydrogen) atoms. The number of hydrogen-bond donors (Lipinski definition) is 0. The number of fused-ring (bicyclic) bond motifs is 1. The van der Waals surface area contributed by atoms with Crippen molar-refractivity contribution in [1.29, 1.82) is 5.26 Å². The zero-order valence-corrected chi connectivity index (χ0v) is 9.32. The molecule has 0 radical (unpaired) electrons. The van der Waals surface area contributed by atoms with Crippen LogP contribution in [0.4, 0.5) is 0 Å². The number of nitriles is 1. The molecule has 0 aliphatic carbocycles. The summed E-state index contributed by atoms with van der Waals surface area (Å²) in [4.78, 5) is 4.10. The molecule has 0 fully saturated rings. The summed E-state index contributed by atoms with van der Waals surface area (Å²) in [6.07, 6.45) is 3.43. The van der Waals surface area contributed by atoms with Gasteiger partial charge in [0.2, 0.25) is 5.88 Å². The number of nitrogens with zero attached hydrogens (tertiary/aromatic N) is 4. The maximum Gasteiger partial charge on any atom is 0.237 e. The number of imidazole rings is 1. The molecular weight excluding hydrogens is 228 g/mol. The molecule has 0 unspecified atom stereocenters. The van der Waals surface area contributed by atoms with Gasteiger partial charge in [-0.15, -0.1) is 5.10 Å². The Morgan fingerprint density at radius 3 is 2.72 bits per heavy atom. The average molecular weight is 236 g/mol. The largest absolute Gasteiger partial charge is 0.438 e. The predicted molar refractivity (Wildman–Crippen MR) is 64.2 cm³/mol. The van der Waals surface area contributed by atoms with Crippen molar-refractivity contribution in [2.75, 3.05) is 0 Å². The highest BCUT2D eigenvalue weighted by Gasteiger charge is 2.01. The monoisotopic (exact) mass is 236 g/mol. The molecule has 0 bridgehead atoms. The smallest absolute Gasteiger partial charge is 0.237 e. The third kappa shape index (κ3) is 1.87. The number of rotatable bonds is 2. The van der Waals surface area contributed by atoms with Crippen LogP contribution in [-0.2, 0) is 0 Å². The van der Waals surface area contributed by atoms with Gasteiger partial charge in [0.25, 0.3) is 0 Å². The molecule has 0 N–H and O–H groups in total. The number of hydrogen-bond acceptors (Lipinski definition) is 4. The van der Waals surface area contributed by atoms with Gasteiger partial charge in [0.05, 0.1) is 11.6 Å². The SMILES string of the molecule is N#Cc1ccc(Oc2ccc3nccn3n2)cc1. The van der Waals surface area contributed by atoms with Crippen LogP contribution in [0.25, 0.3) is 5.65 Å². The van der Waals surface area contributed by atoms with E-state index in [1.54, 1.807) is 47.2 Å². The van der Waals surface area contributed by atoms with Crippen LogP contribution in [0, 0.1) is 11.3 Å². The Balaban J connectivity index is 1.88. The van der Waals surface area contributed by atoms with Crippen LogP contribution in [0.5, 0.6) is 11.6 Å². The van der Waals surface area contributed by atoms with Crippen LogP contribution in [0.15, 0.2) is 48.8 Å². The van der Waals surface area contributed by atoms with Gasteiger partial charge >= 0.3 is 0 Å². The molecule has 0 spiro atoms. The number of ether oxygens (including phenoxy) is 1. The predicted octanol–water partition coefficient (Wildman–Crippen LogP) is 2.39. The molecule has 2 aromatic heterocycles. The van der Waals surface area contributed by atoms with Crippen LogP contribution in [-0.4, -0.2) is 14.6 Å². The second kappa shape index (κ2) is 4.18. The summed E-state index contributed by atoms with van der Waals surface area (Å²) < 4.78 is 7.22. The maximum absolute atomic E-state index is 8.70. The third-order valence-corrected chi connectivity index (χ3v) is 2.44. The molecule has 5 heteroatoms. The van der Waals surface area contributed by atoms with Crippen LogP contribution in [0.1, 0.15) is 5.56 Å². The second-order valence-electron chi connectivity index (χ2n) is 3.64. The van der Waals surface area contributed by atoms with E-state index in [4.69, 9.17) is 10.00 Å². The van der Waals surface area contributed by atoms with Crippen molar-refractivity contribution in [2.45, 2.75) is 0 Å². The highest BCUT2D eigenvalue weighted by atomic mass is 16.5. The van der Waals surface area contributed by atoms with Gasteiger partial charge in [0.15, 0.2) is 5.65 Å². The quantitative estimate of drug-likeness (QED) is 0.685. The lowest BCUT2D eigenvalue weighted by atomic mass is 10.2. The van der Waals surface area contributed by atoms with Crippen molar-refractivity contribution in [3.63, 3.8) is 0 Å². The summed E-state index contributed by atoms with van der Waals surface area (Å²) in [5.74, 6) is 1.12. The summed E-state index contributed by atoms with van der Waals surface area (Å²) in [5.41, 5.74) is 1.36. The minimum atomic E-state index is 0.477. The van der Waals surface area contributed by atoms with Gasteiger partial charge in [0.1, 0.15) is 5.75 Å². The Kier molecular flexibility index (Phi) is 2.39. The minimum absolute atomic E-state index is 0.477. The lowest BCUT2D eigenvalue weighted by Crippen LogP contribution is -1.94. The lowest BCUT2D eigenvalue weighted by Gasteiger charge is -2.04. The molecule has 0 atom stereocenters. The summed E-state index contributed by atoms with van der Waals surface area (Å²) in [5, 5.41) is 12.9. The molecule has 0 amide bonds. The molecule has 3 rings (SSSR count). The summed E-state index contributed by atoms with van der Waals surface area (Å²) in [6.45, 7) is 0. The van der Waals surface area contributed by atoms with Crippen molar-refractivity contribution in [3.8, 4) is 17.7 Å². The molecule has 0 aliphatic heterocycles. The van der Waals surface area contributed by atoms with Crippen molar-refractivity contribution in [2.24, 2.45) is 0 Å². The first-order chi connectivity index (χ1) is 8.85. The fourth-order valence-electron chi connectivity index (χ4n) is 1.57. The van der Waals surface area contributed by atoms with Crippen molar-refractivity contribution < 1.29 is 4.74 Å². The van der Waals surface area contributed by atoms with E-state index in [-0.39, 0.29) is 0 Å². The van der Waals surface area contributed by atoms with E-state index in [1.807, 2.05) is 6.07 Å². The maximum atomic E-state index is 8.70. The van der Waals surface area contributed by atoms with E-state index < -0.39 is 0 Å². The molecule has 0 aliphatic rings. The van der Waals surface area contributed by atoms with E-state index in [2.05, 4.69) is 16.2 Å². The van der Waals surface area contributed by atoms with Gasteiger partial charge in [-0.25, -0.2) is 9.50 Å². The number of benzene rings is 1.